The summed E-state index contributed by atoms with van der Waals surface area (Å²) < 4.78 is 6.12. The molecule has 0 spiro atoms. The van der Waals surface area contributed by atoms with Crippen LogP contribution in [0.2, 0.25) is 0 Å². The maximum absolute atomic E-state index is 13.9. The van der Waals surface area contributed by atoms with Crippen molar-refractivity contribution in [3.63, 3.8) is 0 Å². The second kappa shape index (κ2) is 14.3. The summed E-state index contributed by atoms with van der Waals surface area (Å²) in [6.07, 6.45) is 4.85. The fourth-order valence-electron chi connectivity index (χ4n) is 5.97. The molecular weight excluding hydrogens is 588 g/mol. The van der Waals surface area contributed by atoms with Crippen LogP contribution in [0, 0.1) is 5.41 Å². The Balaban J connectivity index is 2.29. The van der Waals surface area contributed by atoms with Crippen molar-refractivity contribution in [1.82, 2.24) is 0 Å². The summed E-state index contributed by atoms with van der Waals surface area (Å²) in [6, 6.07) is 0. The third-order valence-corrected chi connectivity index (χ3v) is 9.03. The minimum atomic E-state index is -1.61. The van der Waals surface area contributed by atoms with E-state index in [1.807, 2.05) is 26.8 Å². The average molecular weight is 639 g/mol. The van der Waals surface area contributed by atoms with Crippen molar-refractivity contribution in [3.8, 4) is 17.2 Å². The maximum Gasteiger partial charge on any atom is 0.183 e. The van der Waals surface area contributed by atoms with Crippen molar-refractivity contribution >= 4 is 17.3 Å². The molecule has 1 aromatic carbocycles. The zero-order valence-electron chi connectivity index (χ0n) is 28.5. The highest BCUT2D eigenvalue weighted by atomic mass is 16.5. The van der Waals surface area contributed by atoms with E-state index in [1.54, 1.807) is 27.7 Å². The first-order valence-electron chi connectivity index (χ1n) is 16.2. The van der Waals surface area contributed by atoms with E-state index in [-0.39, 0.29) is 53.7 Å². The number of aromatic hydroxyl groups is 2. The molecule has 0 aromatic heterocycles. The summed E-state index contributed by atoms with van der Waals surface area (Å²) >= 11 is 0. The fourth-order valence-corrected chi connectivity index (χ4v) is 5.97. The number of allylic oxidation sites excluding steroid dienone is 7. The predicted molar refractivity (Wildman–Crippen MR) is 177 cm³/mol. The Kier molecular flexibility index (Phi) is 11.4. The van der Waals surface area contributed by atoms with Gasteiger partial charge in [0.15, 0.2) is 17.3 Å². The van der Waals surface area contributed by atoms with Gasteiger partial charge in [0.25, 0.3) is 0 Å². The van der Waals surface area contributed by atoms with Crippen LogP contribution in [0.5, 0.6) is 17.2 Å². The van der Waals surface area contributed by atoms with E-state index in [0.717, 1.165) is 18.4 Å². The highest BCUT2D eigenvalue weighted by molar-refractivity contribution is 6.24. The van der Waals surface area contributed by atoms with E-state index in [9.17, 15) is 39.9 Å². The largest absolute Gasteiger partial charge is 0.511 e. The van der Waals surface area contributed by atoms with Crippen LogP contribution in [0.15, 0.2) is 46.0 Å². The van der Waals surface area contributed by atoms with Gasteiger partial charge in [0.1, 0.15) is 45.5 Å². The maximum atomic E-state index is 13.9. The molecule has 2 aliphatic rings. The molecule has 9 nitrogen and oxygen atoms in total. The lowest BCUT2D eigenvalue weighted by Crippen LogP contribution is -2.46. The number of ketones is 3. The molecule has 3 rings (SSSR count). The molecule has 2 atom stereocenters. The first-order chi connectivity index (χ1) is 21.4. The number of carbonyl (C=O) groups excluding carboxylic acids is 3. The number of carbonyl (C=O) groups is 3. The molecule has 1 heterocycles. The van der Waals surface area contributed by atoms with Crippen LogP contribution in [0.1, 0.15) is 122 Å². The van der Waals surface area contributed by atoms with Gasteiger partial charge in [0, 0.05) is 42.4 Å². The van der Waals surface area contributed by atoms with E-state index in [1.165, 1.54) is 12.5 Å². The number of phenols is 2. The molecule has 1 aliphatic carbocycles. The Morgan fingerprint density at radius 2 is 1.52 bits per heavy atom. The van der Waals surface area contributed by atoms with Gasteiger partial charge in [-0.15, -0.1) is 0 Å². The predicted octanol–water partition coefficient (Wildman–Crippen LogP) is 7.36. The highest BCUT2D eigenvalue weighted by Gasteiger charge is 2.48. The van der Waals surface area contributed by atoms with E-state index >= 15 is 0 Å². The summed E-state index contributed by atoms with van der Waals surface area (Å²) in [7, 11) is 0. The van der Waals surface area contributed by atoms with Gasteiger partial charge >= 0.3 is 0 Å². The Hall–Kier alpha value is -3.85. The Morgan fingerprint density at radius 1 is 0.913 bits per heavy atom. The molecule has 0 saturated heterocycles. The monoisotopic (exact) mass is 638 g/mol. The summed E-state index contributed by atoms with van der Waals surface area (Å²) in [4.78, 5) is 40.4. The van der Waals surface area contributed by atoms with Gasteiger partial charge in [-0.2, -0.15) is 0 Å². The summed E-state index contributed by atoms with van der Waals surface area (Å²) in [5.74, 6) is -4.05. The number of hydrogen-bond acceptors (Lipinski definition) is 9. The van der Waals surface area contributed by atoms with Crippen molar-refractivity contribution in [3.05, 3.63) is 62.7 Å². The van der Waals surface area contributed by atoms with E-state index in [2.05, 4.69) is 6.08 Å². The lowest BCUT2D eigenvalue weighted by Gasteiger charge is -2.39. The topological polar surface area (TPSA) is 162 Å². The summed E-state index contributed by atoms with van der Waals surface area (Å²) in [5, 5.41) is 56.7. The van der Waals surface area contributed by atoms with E-state index in [4.69, 9.17) is 4.74 Å². The number of benzene rings is 1. The van der Waals surface area contributed by atoms with Gasteiger partial charge in [-0.1, -0.05) is 37.1 Å². The van der Waals surface area contributed by atoms with E-state index < -0.39 is 69.5 Å². The minimum Gasteiger partial charge on any atom is -0.511 e. The Morgan fingerprint density at radius 3 is 2.11 bits per heavy atom. The van der Waals surface area contributed by atoms with Gasteiger partial charge in [-0.3, -0.25) is 14.4 Å². The fraction of sp³-hybridized carbons (Fsp3) is 0.541. The van der Waals surface area contributed by atoms with Gasteiger partial charge < -0.3 is 30.3 Å². The van der Waals surface area contributed by atoms with Crippen LogP contribution in [0.3, 0.4) is 0 Å². The molecule has 252 valence electrons. The molecule has 0 bridgehead atoms. The van der Waals surface area contributed by atoms with Crippen LogP contribution in [0.4, 0.5) is 0 Å². The Bertz CT molecular complexity index is 1530. The van der Waals surface area contributed by atoms with Crippen molar-refractivity contribution in [2.45, 2.75) is 125 Å². The molecule has 0 saturated carbocycles. The van der Waals surface area contributed by atoms with Crippen molar-refractivity contribution in [1.29, 1.82) is 0 Å². The van der Waals surface area contributed by atoms with Crippen molar-refractivity contribution in [2.75, 3.05) is 0 Å². The minimum absolute atomic E-state index is 0.00139. The molecule has 5 N–H and O–H groups in total. The number of fused-ring (bicyclic) bond motifs is 1. The van der Waals surface area contributed by atoms with Gasteiger partial charge in [0.2, 0.25) is 0 Å². The molecule has 0 fully saturated rings. The Labute approximate surface area is 272 Å². The number of aliphatic hydroxyl groups excluding tert-OH is 3. The smallest absolute Gasteiger partial charge is 0.183 e. The van der Waals surface area contributed by atoms with Crippen LogP contribution in [0.25, 0.3) is 0 Å². The summed E-state index contributed by atoms with van der Waals surface area (Å²) in [5.41, 5.74) is -1.43. The van der Waals surface area contributed by atoms with E-state index in [0.29, 0.717) is 12.8 Å². The van der Waals surface area contributed by atoms with Crippen LogP contribution < -0.4 is 4.74 Å². The molecule has 9 heteroatoms. The lowest BCUT2D eigenvalue weighted by molar-refractivity contribution is -0.127. The number of ether oxygens (including phenoxy) is 1. The van der Waals surface area contributed by atoms with Crippen LogP contribution in [-0.2, 0) is 22.4 Å². The number of rotatable bonds is 13. The normalized spacial score (nSPS) is 21.2. The van der Waals surface area contributed by atoms with Crippen LogP contribution in [-0.4, -0.2) is 54.6 Å². The molecule has 46 heavy (non-hydrogen) atoms. The average Bonchev–Trinajstić information content (AvgIpc) is 2.96. The summed E-state index contributed by atoms with van der Waals surface area (Å²) in [6.45, 7) is 14.3. The molecule has 1 aliphatic heterocycles. The van der Waals surface area contributed by atoms with Crippen molar-refractivity contribution in [2.24, 2.45) is 5.41 Å². The van der Waals surface area contributed by atoms with Gasteiger partial charge in [0.05, 0.1) is 11.5 Å². The first-order valence-corrected chi connectivity index (χ1v) is 16.2. The number of phenolic OH excluding ortho intramolecular Hbond substituents is 2. The number of hydrogen-bond donors (Lipinski definition) is 5. The molecule has 1 unspecified atom stereocenters. The zero-order chi connectivity index (χ0) is 34.7. The third-order valence-electron chi connectivity index (χ3n) is 9.03. The number of Topliss-reactive ketones (excluding diaryl/α,β-unsaturated/α-hetero) is 3. The standard InChI is InChI=1S/C37H50O9/c1-9-12-25(38)28-30(41)22(33-23(31(28)42)19-27(40)36(6,7)46-33)18-24-32(43)29(26(39)13-10-2)35(45)37(8,34(24)44)17-16-21(5)15-11-14-20(3)4/h14,16,27,40-44H,9-13,15,17-19H2,1-8H3/b21-16+/t27?,37-/m1/s1. The second-order valence-electron chi connectivity index (χ2n) is 13.6. The van der Waals surface area contributed by atoms with Gasteiger partial charge in [-0.05, 0) is 73.6 Å². The molecule has 0 amide bonds. The highest BCUT2D eigenvalue weighted by Crippen LogP contribution is 2.51. The molecule has 1 aromatic rings. The van der Waals surface area contributed by atoms with Crippen molar-refractivity contribution < 1.29 is 44.7 Å². The SMILES string of the molecule is CCCC(=O)C1=C(O)C(Cc2c(O)c(C(=O)CCC)c(O)c3c2OC(C)(C)C(O)C3)=C(O)[C@@](C)(C/C=C(\C)CCC=C(C)C)C1=O. The second-order valence-corrected chi connectivity index (χ2v) is 13.6. The van der Waals surface area contributed by atoms with Crippen LogP contribution >= 0.6 is 0 Å². The number of aliphatic hydroxyl groups is 3. The first kappa shape index (κ1) is 36.6. The van der Waals surface area contributed by atoms with Gasteiger partial charge in [-0.25, -0.2) is 0 Å². The third kappa shape index (κ3) is 7.09. The molecule has 0 radical (unpaired) electrons. The molecular formula is C37H50O9. The zero-order valence-corrected chi connectivity index (χ0v) is 28.5. The quantitative estimate of drug-likeness (QED) is 0.0844. The lowest BCUT2D eigenvalue weighted by atomic mass is 9.69.